The van der Waals surface area contributed by atoms with E-state index in [0.717, 1.165) is 10.2 Å². The molecule has 0 aliphatic carbocycles. The third-order valence-corrected chi connectivity index (χ3v) is 2.87. The third-order valence-electron chi connectivity index (χ3n) is 1.78. The van der Waals surface area contributed by atoms with Crippen molar-refractivity contribution >= 4 is 34.2 Å². The average molecular weight is 212 g/mol. The molecule has 0 bridgehead atoms. The summed E-state index contributed by atoms with van der Waals surface area (Å²) >= 11 is 5.51. The summed E-state index contributed by atoms with van der Waals surface area (Å²) < 4.78 is 2.32. The van der Waals surface area contributed by atoms with Crippen molar-refractivity contribution in [2.24, 2.45) is 0 Å². The van der Waals surface area contributed by atoms with E-state index in [0.29, 0.717) is 12.3 Å². The fraction of sp³-hybridized carbons (Fsp3) is 0.250. The van der Waals surface area contributed by atoms with Crippen LogP contribution in [0.3, 0.4) is 0 Å². The van der Waals surface area contributed by atoms with Gasteiger partial charge >= 0.3 is 0 Å². The molecule has 3 nitrogen and oxygen atoms in total. The molecule has 2 rings (SSSR count). The number of hydrogen-bond acceptors (Lipinski definition) is 4. The van der Waals surface area contributed by atoms with Crippen LogP contribution in [-0.4, -0.2) is 15.3 Å². The maximum Gasteiger partial charge on any atom is 0.271 e. The van der Waals surface area contributed by atoms with E-state index in [4.69, 9.17) is 0 Å². The lowest BCUT2D eigenvalue weighted by Crippen LogP contribution is -2.20. The lowest BCUT2D eigenvalue weighted by molar-refractivity contribution is 0.728. The van der Waals surface area contributed by atoms with Crippen LogP contribution < -0.4 is 5.56 Å². The van der Waals surface area contributed by atoms with Crippen LogP contribution in [0.25, 0.3) is 10.2 Å². The van der Waals surface area contributed by atoms with Gasteiger partial charge < -0.3 is 0 Å². The lowest BCUT2D eigenvalue weighted by atomic mass is 10.5. The second kappa shape index (κ2) is 3.51. The highest BCUT2D eigenvalue weighted by atomic mass is 32.1. The Bertz CT molecular complexity index is 474. The molecule has 0 aromatic carbocycles. The minimum absolute atomic E-state index is 0.0362. The van der Waals surface area contributed by atoms with Gasteiger partial charge in [-0.05, 0) is 11.4 Å². The molecular weight excluding hydrogens is 204 g/mol. The van der Waals surface area contributed by atoms with Crippen molar-refractivity contribution in [1.82, 2.24) is 9.55 Å². The smallest absolute Gasteiger partial charge is 0.271 e. The Morgan fingerprint density at radius 2 is 2.46 bits per heavy atom. The molecule has 0 amide bonds. The van der Waals surface area contributed by atoms with Crippen LogP contribution in [0.1, 0.15) is 0 Å². The van der Waals surface area contributed by atoms with Gasteiger partial charge in [0, 0.05) is 12.3 Å². The van der Waals surface area contributed by atoms with Crippen molar-refractivity contribution in [3.8, 4) is 0 Å². The van der Waals surface area contributed by atoms with Gasteiger partial charge in [0.25, 0.3) is 5.56 Å². The van der Waals surface area contributed by atoms with Gasteiger partial charge in [-0.1, -0.05) is 0 Å². The van der Waals surface area contributed by atoms with Crippen LogP contribution in [0.15, 0.2) is 22.6 Å². The Hall–Kier alpha value is -0.810. The largest absolute Gasteiger partial charge is 0.297 e. The first-order valence-electron chi connectivity index (χ1n) is 3.86. The summed E-state index contributed by atoms with van der Waals surface area (Å²) in [7, 11) is 0. The van der Waals surface area contributed by atoms with Gasteiger partial charge in [-0.3, -0.25) is 9.36 Å². The van der Waals surface area contributed by atoms with Gasteiger partial charge in [-0.15, -0.1) is 11.3 Å². The van der Waals surface area contributed by atoms with E-state index in [1.54, 1.807) is 10.9 Å². The molecule has 2 aromatic heterocycles. The second-order valence-corrected chi connectivity index (χ2v) is 3.97. The lowest BCUT2D eigenvalue weighted by Gasteiger charge is -2.00. The molecule has 5 heteroatoms. The molecule has 0 N–H and O–H groups in total. The molecule has 0 atom stereocenters. The summed E-state index contributed by atoms with van der Waals surface area (Å²) in [6, 6.07) is 1.85. The highest BCUT2D eigenvalue weighted by molar-refractivity contribution is 7.80. The molecule has 68 valence electrons. The fourth-order valence-corrected chi connectivity index (χ4v) is 2.15. The predicted octanol–water partition coefficient (Wildman–Crippen LogP) is 1.39. The molecule has 2 heterocycles. The van der Waals surface area contributed by atoms with Crippen molar-refractivity contribution in [3.63, 3.8) is 0 Å². The van der Waals surface area contributed by atoms with Crippen molar-refractivity contribution in [1.29, 1.82) is 0 Å². The molecular formula is C8H8N2OS2. The maximum atomic E-state index is 11.7. The molecule has 0 spiro atoms. The highest BCUT2D eigenvalue weighted by Gasteiger charge is 2.03. The maximum absolute atomic E-state index is 11.7. The number of thiophene rings is 1. The number of thiol groups is 1. The van der Waals surface area contributed by atoms with Crippen molar-refractivity contribution < 1.29 is 0 Å². The quantitative estimate of drug-likeness (QED) is 0.763. The van der Waals surface area contributed by atoms with Gasteiger partial charge in [-0.25, -0.2) is 4.98 Å². The van der Waals surface area contributed by atoms with E-state index >= 15 is 0 Å². The number of hydrogen-bond donors (Lipinski definition) is 1. The van der Waals surface area contributed by atoms with E-state index in [9.17, 15) is 4.79 Å². The Kier molecular flexibility index (Phi) is 2.37. The summed E-state index contributed by atoms with van der Waals surface area (Å²) in [5.41, 5.74) is 0.819. The van der Waals surface area contributed by atoms with Crippen LogP contribution in [0.4, 0.5) is 0 Å². The zero-order valence-corrected chi connectivity index (χ0v) is 8.52. The normalized spacial score (nSPS) is 10.8. The molecule has 0 aliphatic rings. The predicted molar refractivity (Wildman–Crippen MR) is 57.7 cm³/mol. The van der Waals surface area contributed by atoms with Crippen molar-refractivity contribution in [2.75, 3.05) is 5.75 Å². The summed E-state index contributed by atoms with van der Waals surface area (Å²) in [6.07, 6.45) is 1.58. The number of rotatable bonds is 2. The second-order valence-electron chi connectivity index (χ2n) is 2.60. The van der Waals surface area contributed by atoms with Gasteiger partial charge in [0.1, 0.15) is 4.70 Å². The number of aromatic nitrogens is 2. The summed E-state index contributed by atoms with van der Waals surface area (Å²) in [6.45, 7) is 0.614. The Morgan fingerprint density at radius 3 is 3.23 bits per heavy atom. The Morgan fingerprint density at radius 1 is 1.62 bits per heavy atom. The number of fused-ring (bicyclic) bond motifs is 1. The zero-order valence-electron chi connectivity index (χ0n) is 6.80. The summed E-state index contributed by atoms with van der Waals surface area (Å²) in [5, 5.41) is 1.88. The van der Waals surface area contributed by atoms with Gasteiger partial charge in [0.2, 0.25) is 0 Å². The minimum atomic E-state index is 0.0362. The Labute approximate surface area is 84.4 Å². The topological polar surface area (TPSA) is 34.9 Å². The average Bonchev–Trinajstić information content (AvgIpc) is 2.58. The first-order chi connectivity index (χ1) is 6.33. The molecule has 0 aliphatic heterocycles. The molecule has 0 unspecified atom stereocenters. The fourth-order valence-electron chi connectivity index (χ4n) is 1.15. The van der Waals surface area contributed by atoms with E-state index < -0.39 is 0 Å². The third kappa shape index (κ3) is 1.49. The summed E-state index contributed by atoms with van der Waals surface area (Å²) in [4.78, 5) is 15.8. The van der Waals surface area contributed by atoms with Crippen molar-refractivity contribution in [2.45, 2.75) is 6.54 Å². The van der Waals surface area contributed by atoms with Crippen molar-refractivity contribution in [3.05, 3.63) is 28.1 Å². The van der Waals surface area contributed by atoms with E-state index in [1.807, 2.05) is 11.4 Å². The SMILES string of the molecule is O=c1c2sccc2ncn1CCS. The van der Waals surface area contributed by atoms with E-state index in [-0.39, 0.29) is 5.56 Å². The first-order valence-corrected chi connectivity index (χ1v) is 5.37. The van der Waals surface area contributed by atoms with E-state index in [2.05, 4.69) is 17.6 Å². The minimum Gasteiger partial charge on any atom is -0.297 e. The van der Waals surface area contributed by atoms with Gasteiger partial charge in [0.15, 0.2) is 0 Å². The van der Waals surface area contributed by atoms with E-state index in [1.165, 1.54) is 11.3 Å². The Balaban J connectivity index is 2.67. The molecule has 0 fully saturated rings. The number of nitrogens with zero attached hydrogens (tertiary/aromatic N) is 2. The first kappa shape index (κ1) is 8.77. The van der Waals surface area contributed by atoms with Gasteiger partial charge in [-0.2, -0.15) is 12.6 Å². The molecule has 0 saturated heterocycles. The standard InChI is InChI=1S/C8H8N2OS2/c11-8-7-6(1-4-13-7)9-5-10(8)2-3-12/h1,4-5,12H,2-3H2. The van der Waals surface area contributed by atoms with Gasteiger partial charge in [0.05, 0.1) is 11.8 Å². The summed E-state index contributed by atoms with van der Waals surface area (Å²) in [5.74, 6) is 0.651. The molecule has 2 aromatic rings. The number of aryl methyl sites for hydroxylation is 1. The molecule has 13 heavy (non-hydrogen) atoms. The van der Waals surface area contributed by atoms with Crippen LogP contribution in [0.5, 0.6) is 0 Å². The molecule has 0 radical (unpaired) electrons. The van der Waals surface area contributed by atoms with Crippen LogP contribution in [0, 0.1) is 0 Å². The monoisotopic (exact) mass is 212 g/mol. The zero-order chi connectivity index (χ0) is 9.26. The highest BCUT2D eigenvalue weighted by Crippen LogP contribution is 2.12. The van der Waals surface area contributed by atoms with Crippen LogP contribution in [0.2, 0.25) is 0 Å². The van der Waals surface area contributed by atoms with Crippen LogP contribution >= 0.6 is 24.0 Å². The molecule has 0 saturated carbocycles. The van der Waals surface area contributed by atoms with Crippen LogP contribution in [-0.2, 0) is 6.54 Å².